The number of aliphatic imine (C=N–C) groups is 1. The van der Waals surface area contributed by atoms with Crippen molar-refractivity contribution in [2.24, 2.45) is 10.9 Å². The third kappa shape index (κ3) is 2.19. The number of rotatable bonds is 2. The second-order valence-electron chi connectivity index (χ2n) is 5.02. The molecule has 0 aromatic heterocycles. The fraction of sp³-hybridized carbons (Fsp3) is 0.909. The summed E-state index contributed by atoms with van der Waals surface area (Å²) in [6, 6.07) is -0.246. The lowest BCUT2D eigenvalue weighted by Gasteiger charge is -2.39. The highest BCUT2D eigenvalue weighted by Gasteiger charge is 2.49. The number of thioether (sulfide) groups is 1. The quantitative estimate of drug-likeness (QED) is 0.646. The van der Waals surface area contributed by atoms with Crippen molar-refractivity contribution in [2.75, 3.05) is 7.05 Å². The van der Waals surface area contributed by atoms with Crippen molar-refractivity contribution in [1.29, 1.82) is 0 Å². The zero-order valence-corrected chi connectivity index (χ0v) is 10.6. The number of aliphatic hydroxyl groups excluding tert-OH is 2. The van der Waals surface area contributed by atoms with E-state index in [1.807, 2.05) is 0 Å². The first-order valence-corrected chi connectivity index (χ1v) is 6.98. The van der Waals surface area contributed by atoms with Crippen LogP contribution in [-0.4, -0.2) is 52.2 Å². The van der Waals surface area contributed by atoms with Crippen LogP contribution in [0.25, 0.3) is 0 Å². The maximum atomic E-state index is 10.1. The molecule has 0 aromatic rings. The Morgan fingerprint density at radius 1 is 1.41 bits per heavy atom. The number of hydrogen-bond acceptors (Lipinski definition) is 5. The van der Waals surface area contributed by atoms with Gasteiger partial charge >= 0.3 is 0 Å². The average Bonchev–Trinajstić information content (AvgIpc) is 3.03. The summed E-state index contributed by atoms with van der Waals surface area (Å²) in [6.45, 7) is 0. The molecular weight excluding hydrogens is 240 g/mol. The number of fused-ring (bicyclic) bond motifs is 1. The second kappa shape index (κ2) is 4.42. The van der Waals surface area contributed by atoms with Crippen molar-refractivity contribution in [2.45, 2.75) is 49.1 Å². The molecule has 1 saturated carbocycles. The van der Waals surface area contributed by atoms with E-state index in [-0.39, 0.29) is 17.6 Å². The number of aliphatic hydroxyl groups is 2. The Morgan fingerprint density at radius 2 is 2.18 bits per heavy atom. The Hall–Kier alpha value is -0.300. The van der Waals surface area contributed by atoms with Gasteiger partial charge in [-0.1, -0.05) is 24.6 Å². The predicted octanol–water partition coefficient (Wildman–Crippen LogP) is -0.0760. The Kier molecular flexibility index (Phi) is 3.06. The highest BCUT2D eigenvalue weighted by atomic mass is 32.2. The highest BCUT2D eigenvalue weighted by Crippen LogP contribution is 2.40. The van der Waals surface area contributed by atoms with Gasteiger partial charge in [0, 0.05) is 7.05 Å². The van der Waals surface area contributed by atoms with Crippen LogP contribution in [0.2, 0.25) is 0 Å². The van der Waals surface area contributed by atoms with Gasteiger partial charge in [-0.15, -0.1) is 0 Å². The summed E-state index contributed by atoms with van der Waals surface area (Å²) in [7, 11) is 1.71. The lowest BCUT2D eigenvalue weighted by molar-refractivity contribution is -0.159. The van der Waals surface area contributed by atoms with E-state index in [2.05, 4.69) is 10.3 Å². The number of nitrogens with one attached hydrogen (secondary N) is 1. The first-order chi connectivity index (χ1) is 8.19. The summed E-state index contributed by atoms with van der Waals surface area (Å²) in [6.07, 6.45) is 1.52. The zero-order chi connectivity index (χ0) is 12.0. The standard InChI is InChI=1S/C11H18N2O3S/c1-12-11-13-7-9(15)8(14)6(4-5-2-3-5)16-10(7)17-11/h5-10,14-15H,2-4H2,1H3,(H,12,13). The van der Waals surface area contributed by atoms with Gasteiger partial charge in [0.25, 0.3) is 0 Å². The maximum absolute atomic E-state index is 10.1. The van der Waals surface area contributed by atoms with E-state index >= 15 is 0 Å². The van der Waals surface area contributed by atoms with Crippen molar-refractivity contribution in [3.05, 3.63) is 0 Å². The Morgan fingerprint density at radius 3 is 2.82 bits per heavy atom. The van der Waals surface area contributed by atoms with E-state index in [1.54, 1.807) is 7.05 Å². The van der Waals surface area contributed by atoms with E-state index in [0.717, 1.165) is 11.6 Å². The minimum absolute atomic E-state index is 0.129. The molecule has 3 rings (SSSR count). The molecule has 6 heteroatoms. The van der Waals surface area contributed by atoms with Gasteiger partial charge in [0.05, 0.1) is 12.1 Å². The average molecular weight is 258 g/mol. The van der Waals surface area contributed by atoms with E-state index in [1.165, 1.54) is 24.6 Å². The molecule has 5 atom stereocenters. The molecule has 3 N–H and O–H groups in total. The molecule has 2 aliphatic heterocycles. The maximum Gasteiger partial charge on any atom is 0.159 e. The van der Waals surface area contributed by atoms with Crippen molar-refractivity contribution in [1.82, 2.24) is 5.32 Å². The van der Waals surface area contributed by atoms with Crippen molar-refractivity contribution >= 4 is 16.9 Å². The molecule has 5 nitrogen and oxygen atoms in total. The molecule has 3 fully saturated rings. The van der Waals surface area contributed by atoms with Crippen LogP contribution in [0, 0.1) is 5.92 Å². The molecule has 0 bridgehead atoms. The molecule has 2 heterocycles. The molecule has 0 amide bonds. The molecule has 0 radical (unpaired) electrons. The SMILES string of the molecule is CN=C1NC2C(OC(CC3CC3)C(O)C2O)S1. The lowest BCUT2D eigenvalue weighted by atomic mass is 9.95. The van der Waals surface area contributed by atoms with Gasteiger partial charge in [-0.3, -0.25) is 4.99 Å². The van der Waals surface area contributed by atoms with E-state index in [4.69, 9.17) is 4.74 Å². The van der Waals surface area contributed by atoms with E-state index < -0.39 is 12.2 Å². The smallest absolute Gasteiger partial charge is 0.159 e. The fourth-order valence-electron chi connectivity index (χ4n) is 2.47. The molecular formula is C11H18N2O3S. The summed E-state index contributed by atoms with van der Waals surface area (Å²) in [5.41, 5.74) is -0.129. The minimum atomic E-state index is -0.791. The molecule has 0 spiro atoms. The first kappa shape index (κ1) is 11.8. The largest absolute Gasteiger partial charge is 0.388 e. The van der Waals surface area contributed by atoms with Gasteiger partial charge < -0.3 is 20.3 Å². The molecule has 96 valence electrons. The summed E-state index contributed by atoms with van der Waals surface area (Å²) in [5.74, 6) is 0.678. The molecule has 5 unspecified atom stereocenters. The van der Waals surface area contributed by atoms with Crippen LogP contribution in [0.5, 0.6) is 0 Å². The van der Waals surface area contributed by atoms with Gasteiger partial charge in [0.1, 0.15) is 17.6 Å². The van der Waals surface area contributed by atoms with Crippen LogP contribution in [-0.2, 0) is 4.74 Å². The first-order valence-electron chi connectivity index (χ1n) is 6.10. The van der Waals surface area contributed by atoms with Crippen LogP contribution in [0.15, 0.2) is 4.99 Å². The third-order valence-electron chi connectivity index (χ3n) is 3.68. The van der Waals surface area contributed by atoms with Crippen molar-refractivity contribution in [3.8, 4) is 0 Å². The number of hydrogen-bond donors (Lipinski definition) is 3. The third-order valence-corrected chi connectivity index (χ3v) is 4.84. The highest BCUT2D eigenvalue weighted by molar-refractivity contribution is 8.14. The molecule has 2 saturated heterocycles. The van der Waals surface area contributed by atoms with Gasteiger partial charge in [-0.2, -0.15) is 0 Å². The van der Waals surface area contributed by atoms with Gasteiger partial charge in [-0.05, 0) is 12.3 Å². The predicted molar refractivity (Wildman–Crippen MR) is 65.9 cm³/mol. The van der Waals surface area contributed by atoms with Crippen molar-refractivity contribution in [3.63, 3.8) is 0 Å². The van der Waals surface area contributed by atoms with Gasteiger partial charge in [0.15, 0.2) is 5.17 Å². The van der Waals surface area contributed by atoms with Gasteiger partial charge in [0.2, 0.25) is 0 Å². The van der Waals surface area contributed by atoms with Crippen LogP contribution < -0.4 is 5.32 Å². The molecule has 3 aliphatic rings. The van der Waals surface area contributed by atoms with E-state index in [0.29, 0.717) is 5.92 Å². The van der Waals surface area contributed by atoms with E-state index in [9.17, 15) is 10.2 Å². The molecule has 1 aliphatic carbocycles. The molecule has 17 heavy (non-hydrogen) atoms. The molecule has 0 aromatic carbocycles. The summed E-state index contributed by atoms with van der Waals surface area (Å²) < 4.78 is 5.89. The Balaban J connectivity index is 1.71. The number of amidine groups is 1. The van der Waals surface area contributed by atoms with Crippen LogP contribution in [0.3, 0.4) is 0 Å². The summed E-state index contributed by atoms with van der Waals surface area (Å²) in [4.78, 5) is 4.07. The lowest BCUT2D eigenvalue weighted by Crippen LogP contribution is -2.58. The minimum Gasteiger partial charge on any atom is -0.388 e. The number of ether oxygens (including phenoxy) is 1. The van der Waals surface area contributed by atoms with Gasteiger partial charge in [-0.25, -0.2) is 0 Å². The normalized spacial score (nSPS) is 47.9. The fourth-order valence-corrected chi connectivity index (χ4v) is 3.57. The Labute approximate surface area is 105 Å². The van der Waals surface area contributed by atoms with Crippen molar-refractivity contribution < 1.29 is 14.9 Å². The summed E-state index contributed by atoms with van der Waals surface area (Å²) >= 11 is 1.50. The van der Waals surface area contributed by atoms with Crippen LogP contribution >= 0.6 is 11.8 Å². The summed E-state index contributed by atoms with van der Waals surface area (Å²) in [5, 5.41) is 24.0. The van der Waals surface area contributed by atoms with Crippen LogP contribution in [0.1, 0.15) is 19.3 Å². The topological polar surface area (TPSA) is 74.1 Å². The monoisotopic (exact) mass is 258 g/mol. The van der Waals surface area contributed by atoms with Crippen LogP contribution in [0.4, 0.5) is 0 Å². The zero-order valence-electron chi connectivity index (χ0n) is 9.74. The number of nitrogens with zero attached hydrogens (tertiary/aromatic N) is 1. The Bertz CT molecular complexity index is 335. The second-order valence-corrected chi connectivity index (χ2v) is 6.11.